The van der Waals surface area contributed by atoms with Crippen LogP contribution in [-0.4, -0.2) is 23.3 Å². The molecule has 2 aromatic rings. The summed E-state index contributed by atoms with van der Waals surface area (Å²) in [6.07, 6.45) is 0.953. The van der Waals surface area contributed by atoms with Gasteiger partial charge in [-0.2, -0.15) is 0 Å². The van der Waals surface area contributed by atoms with E-state index in [0.29, 0.717) is 11.3 Å². The summed E-state index contributed by atoms with van der Waals surface area (Å²) in [7, 11) is 0. The molecule has 0 bridgehead atoms. The van der Waals surface area contributed by atoms with Crippen molar-refractivity contribution in [2.75, 3.05) is 11.9 Å². The summed E-state index contributed by atoms with van der Waals surface area (Å²) < 4.78 is 0. The van der Waals surface area contributed by atoms with Crippen LogP contribution in [0.5, 0.6) is 0 Å². The highest BCUT2D eigenvalue weighted by Crippen LogP contribution is 2.30. The van der Waals surface area contributed by atoms with Crippen LogP contribution in [0.15, 0.2) is 55.1 Å². The van der Waals surface area contributed by atoms with E-state index in [-0.39, 0.29) is 18.4 Å². The molecule has 1 aliphatic rings. The molecule has 0 aromatic heterocycles. The van der Waals surface area contributed by atoms with Gasteiger partial charge in [0.1, 0.15) is 6.54 Å². The Balaban J connectivity index is 1.69. The van der Waals surface area contributed by atoms with E-state index in [1.54, 1.807) is 6.07 Å². The van der Waals surface area contributed by atoms with Gasteiger partial charge in [-0.25, -0.2) is 0 Å². The Kier molecular flexibility index (Phi) is 3.98. The van der Waals surface area contributed by atoms with Gasteiger partial charge in [-0.05, 0) is 30.2 Å². The average molecular weight is 306 g/mol. The number of hydrogen-bond acceptors (Lipinski definition) is 2. The largest absolute Gasteiger partial charge is 0.325 e. The minimum Gasteiger partial charge on any atom is -0.325 e. The Morgan fingerprint density at radius 2 is 1.74 bits per heavy atom. The molecule has 1 N–H and O–H groups in total. The number of carbonyl (C=O) groups excluding carboxylic acids is 2. The van der Waals surface area contributed by atoms with Crippen molar-refractivity contribution in [1.29, 1.82) is 0 Å². The molecule has 0 unspecified atom stereocenters. The summed E-state index contributed by atoms with van der Waals surface area (Å²) in [4.78, 5) is 26.0. The van der Waals surface area contributed by atoms with Gasteiger partial charge in [-0.3, -0.25) is 14.5 Å². The number of benzene rings is 2. The summed E-state index contributed by atoms with van der Waals surface area (Å²) in [5, 5.41) is 2.81. The second-order valence-electron chi connectivity index (χ2n) is 5.48. The third-order valence-electron chi connectivity index (χ3n) is 3.99. The first-order chi connectivity index (χ1) is 11.1. The van der Waals surface area contributed by atoms with Crippen molar-refractivity contribution in [3.63, 3.8) is 0 Å². The third kappa shape index (κ3) is 2.88. The van der Waals surface area contributed by atoms with Crippen molar-refractivity contribution >= 4 is 23.2 Å². The molecule has 0 spiro atoms. The van der Waals surface area contributed by atoms with E-state index in [4.69, 9.17) is 0 Å². The molecule has 0 atom stereocenters. The van der Waals surface area contributed by atoms with Crippen LogP contribution in [0.2, 0.25) is 0 Å². The Hall–Kier alpha value is -2.88. The van der Waals surface area contributed by atoms with Gasteiger partial charge in [0.25, 0.3) is 5.91 Å². The molecule has 2 aromatic carbocycles. The number of amides is 2. The van der Waals surface area contributed by atoms with Crippen molar-refractivity contribution < 1.29 is 9.59 Å². The first-order valence-electron chi connectivity index (χ1n) is 7.59. The van der Waals surface area contributed by atoms with Crippen LogP contribution in [0.1, 0.15) is 28.4 Å². The lowest BCUT2D eigenvalue weighted by Crippen LogP contribution is -2.32. The standard InChI is InChI=1S/C19H18N2O2/c1-3-14-8-10-15(11-9-14)20-18(22)12-21-13(2)16-6-4-5-7-17(16)19(21)23/h4-11H,2-3,12H2,1H3,(H,20,22). The monoisotopic (exact) mass is 306 g/mol. The number of nitrogens with zero attached hydrogens (tertiary/aromatic N) is 1. The second kappa shape index (κ2) is 6.08. The second-order valence-corrected chi connectivity index (χ2v) is 5.48. The Morgan fingerprint density at radius 3 is 2.35 bits per heavy atom. The predicted octanol–water partition coefficient (Wildman–Crippen LogP) is 3.31. The molecule has 0 aliphatic carbocycles. The Morgan fingerprint density at radius 1 is 1.09 bits per heavy atom. The molecule has 4 heteroatoms. The van der Waals surface area contributed by atoms with Crippen molar-refractivity contribution in [2.45, 2.75) is 13.3 Å². The molecular weight excluding hydrogens is 288 g/mol. The minimum atomic E-state index is -0.239. The number of hydrogen-bond donors (Lipinski definition) is 1. The minimum absolute atomic E-state index is 0.0398. The van der Waals surface area contributed by atoms with Crippen LogP contribution in [0.25, 0.3) is 5.70 Å². The zero-order valence-corrected chi connectivity index (χ0v) is 13.0. The van der Waals surface area contributed by atoms with Gasteiger partial charge in [0.15, 0.2) is 0 Å². The van der Waals surface area contributed by atoms with E-state index in [1.165, 1.54) is 10.5 Å². The summed E-state index contributed by atoms with van der Waals surface area (Å²) in [6.45, 7) is 5.97. The summed E-state index contributed by atoms with van der Waals surface area (Å²) >= 11 is 0. The van der Waals surface area contributed by atoms with Crippen LogP contribution >= 0.6 is 0 Å². The zero-order chi connectivity index (χ0) is 16.4. The normalized spacial score (nSPS) is 13.2. The van der Waals surface area contributed by atoms with Crippen molar-refractivity contribution in [3.8, 4) is 0 Å². The van der Waals surface area contributed by atoms with E-state index in [9.17, 15) is 9.59 Å². The Labute approximate surface area is 135 Å². The lowest BCUT2D eigenvalue weighted by atomic mass is 10.1. The topological polar surface area (TPSA) is 49.4 Å². The maximum absolute atomic E-state index is 12.4. The lowest BCUT2D eigenvalue weighted by Gasteiger charge is -2.17. The molecule has 116 valence electrons. The van der Waals surface area contributed by atoms with E-state index in [0.717, 1.165) is 17.7 Å². The number of fused-ring (bicyclic) bond motifs is 1. The highest BCUT2D eigenvalue weighted by Gasteiger charge is 2.31. The first kappa shape index (κ1) is 15.0. The molecule has 4 nitrogen and oxygen atoms in total. The van der Waals surface area contributed by atoms with Gasteiger partial charge in [0, 0.05) is 22.5 Å². The number of rotatable bonds is 4. The van der Waals surface area contributed by atoms with Gasteiger partial charge < -0.3 is 5.32 Å². The van der Waals surface area contributed by atoms with E-state index >= 15 is 0 Å². The highest BCUT2D eigenvalue weighted by atomic mass is 16.2. The smallest absolute Gasteiger partial charge is 0.259 e. The maximum atomic E-state index is 12.4. The fourth-order valence-corrected chi connectivity index (χ4v) is 2.67. The molecular formula is C19H18N2O2. The van der Waals surface area contributed by atoms with E-state index < -0.39 is 0 Å². The van der Waals surface area contributed by atoms with Crippen LogP contribution < -0.4 is 5.32 Å². The number of nitrogens with one attached hydrogen (secondary N) is 1. The molecule has 23 heavy (non-hydrogen) atoms. The molecule has 0 saturated heterocycles. The number of aryl methyl sites for hydroxylation is 1. The van der Waals surface area contributed by atoms with Gasteiger partial charge in [0.2, 0.25) is 5.91 Å². The van der Waals surface area contributed by atoms with Gasteiger partial charge >= 0.3 is 0 Å². The van der Waals surface area contributed by atoms with Gasteiger partial charge in [-0.15, -0.1) is 0 Å². The summed E-state index contributed by atoms with van der Waals surface area (Å²) in [5.74, 6) is -0.418. The fraction of sp³-hybridized carbons (Fsp3) is 0.158. The molecule has 3 rings (SSSR count). The van der Waals surface area contributed by atoms with Crippen LogP contribution in [0.3, 0.4) is 0 Å². The lowest BCUT2D eigenvalue weighted by molar-refractivity contribution is -0.116. The summed E-state index contributed by atoms with van der Waals surface area (Å²) in [5.41, 5.74) is 3.89. The van der Waals surface area contributed by atoms with Crippen molar-refractivity contribution in [2.24, 2.45) is 0 Å². The summed E-state index contributed by atoms with van der Waals surface area (Å²) in [6, 6.07) is 15.0. The van der Waals surface area contributed by atoms with Crippen LogP contribution in [-0.2, 0) is 11.2 Å². The molecule has 1 aliphatic heterocycles. The molecule has 0 fully saturated rings. The van der Waals surface area contributed by atoms with Gasteiger partial charge in [-0.1, -0.05) is 43.8 Å². The fourth-order valence-electron chi connectivity index (χ4n) is 2.67. The van der Waals surface area contributed by atoms with Crippen LogP contribution in [0.4, 0.5) is 5.69 Å². The number of carbonyl (C=O) groups is 2. The molecule has 0 radical (unpaired) electrons. The quantitative estimate of drug-likeness (QED) is 0.942. The predicted molar refractivity (Wildman–Crippen MR) is 91.0 cm³/mol. The molecule has 2 amide bonds. The third-order valence-corrected chi connectivity index (χ3v) is 3.99. The Bertz CT molecular complexity index is 743. The van der Waals surface area contributed by atoms with Crippen molar-refractivity contribution in [3.05, 3.63) is 71.8 Å². The van der Waals surface area contributed by atoms with E-state index in [1.807, 2.05) is 42.5 Å². The SMILES string of the molecule is C=C1c2ccccc2C(=O)N1CC(=O)Nc1ccc(CC)cc1. The van der Waals surface area contributed by atoms with E-state index in [2.05, 4.69) is 18.8 Å². The van der Waals surface area contributed by atoms with Gasteiger partial charge in [0.05, 0.1) is 0 Å². The maximum Gasteiger partial charge on any atom is 0.259 e. The highest BCUT2D eigenvalue weighted by molar-refractivity contribution is 6.11. The first-order valence-corrected chi connectivity index (χ1v) is 7.59. The molecule has 1 heterocycles. The average Bonchev–Trinajstić information content (AvgIpc) is 2.81. The number of anilines is 1. The van der Waals surface area contributed by atoms with Crippen LogP contribution in [0, 0.1) is 0 Å². The van der Waals surface area contributed by atoms with Crippen molar-refractivity contribution in [1.82, 2.24) is 4.90 Å². The zero-order valence-electron chi connectivity index (χ0n) is 13.0. The molecule has 0 saturated carbocycles.